The minimum Gasteiger partial charge on any atom is -0.379 e. The minimum absolute atomic E-state index is 0.174. The van der Waals surface area contributed by atoms with Gasteiger partial charge in [0.2, 0.25) is 0 Å². The van der Waals surface area contributed by atoms with Gasteiger partial charge in [0.25, 0.3) is 0 Å². The maximum Gasteiger partial charge on any atom is 0.443 e. The molecule has 0 saturated heterocycles. The van der Waals surface area contributed by atoms with Crippen LogP contribution in [0.15, 0.2) is 6.20 Å². The summed E-state index contributed by atoms with van der Waals surface area (Å²) in [5.41, 5.74) is 0. The highest BCUT2D eigenvalue weighted by molar-refractivity contribution is 7.11. The molecule has 0 amide bonds. The Labute approximate surface area is 71.0 Å². The first-order valence-electron chi connectivity index (χ1n) is 3.05. The summed E-state index contributed by atoms with van der Waals surface area (Å²) in [4.78, 5) is 3.70. The van der Waals surface area contributed by atoms with Gasteiger partial charge in [-0.3, -0.25) is 0 Å². The van der Waals surface area contributed by atoms with Crippen LogP contribution in [0.5, 0.6) is 0 Å². The average molecular weight is 197 g/mol. The summed E-state index contributed by atoms with van der Waals surface area (Å²) in [7, 11) is 1.42. The second-order valence-corrected chi connectivity index (χ2v) is 3.18. The van der Waals surface area contributed by atoms with Crippen LogP contribution in [-0.4, -0.2) is 12.1 Å². The number of nitrogens with zero attached hydrogens (tertiary/aromatic N) is 1. The summed E-state index contributed by atoms with van der Waals surface area (Å²) in [5.74, 6) is 0. The lowest BCUT2D eigenvalue weighted by Crippen LogP contribution is -2.02. The molecule has 0 atom stereocenters. The van der Waals surface area contributed by atoms with Gasteiger partial charge in [-0.1, -0.05) is 0 Å². The molecule has 1 heterocycles. The molecule has 0 aliphatic rings. The Morgan fingerprint density at radius 3 is 2.67 bits per heavy atom. The molecule has 12 heavy (non-hydrogen) atoms. The SMILES string of the molecule is COCc1cnc(C(F)(F)F)s1. The van der Waals surface area contributed by atoms with Gasteiger partial charge in [0, 0.05) is 13.3 Å². The Kier molecular flexibility index (Phi) is 2.69. The van der Waals surface area contributed by atoms with Crippen molar-refractivity contribution in [3.63, 3.8) is 0 Å². The number of rotatable bonds is 2. The van der Waals surface area contributed by atoms with Crippen LogP contribution in [0.1, 0.15) is 9.88 Å². The topological polar surface area (TPSA) is 22.1 Å². The van der Waals surface area contributed by atoms with Crippen molar-refractivity contribution < 1.29 is 17.9 Å². The van der Waals surface area contributed by atoms with Crippen LogP contribution in [0.3, 0.4) is 0 Å². The number of methoxy groups -OCH3 is 1. The number of ether oxygens (including phenoxy) is 1. The molecule has 1 aromatic rings. The zero-order valence-corrected chi connectivity index (χ0v) is 7.00. The molecule has 0 spiro atoms. The lowest BCUT2D eigenvalue weighted by Gasteiger charge is -1.98. The maximum absolute atomic E-state index is 11.9. The molecule has 0 fully saturated rings. The van der Waals surface area contributed by atoms with Crippen molar-refractivity contribution in [2.75, 3.05) is 7.11 Å². The quantitative estimate of drug-likeness (QED) is 0.725. The van der Waals surface area contributed by atoms with Gasteiger partial charge in [0.15, 0.2) is 5.01 Å². The molecule has 0 saturated carbocycles. The van der Waals surface area contributed by atoms with Gasteiger partial charge < -0.3 is 4.74 Å². The van der Waals surface area contributed by atoms with E-state index < -0.39 is 11.2 Å². The first-order valence-corrected chi connectivity index (χ1v) is 3.86. The van der Waals surface area contributed by atoms with E-state index in [1.54, 1.807) is 0 Å². The number of hydrogen-bond donors (Lipinski definition) is 0. The fraction of sp³-hybridized carbons (Fsp3) is 0.500. The lowest BCUT2D eigenvalue weighted by atomic mass is 10.6. The predicted molar refractivity (Wildman–Crippen MR) is 37.8 cm³/mol. The Morgan fingerprint density at radius 2 is 2.25 bits per heavy atom. The smallest absolute Gasteiger partial charge is 0.379 e. The third-order valence-electron chi connectivity index (χ3n) is 1.08. The molecule has 0 aliphatic carbocycles. The van der Waals surface area contributed by atoms with E-state index in [1.807, 2.05) is 0 Å². The van der Waals surface area contributed by atoms with Crippen LogP contribution >= 0.6 is 11.3 Å². The first kappa shape index (κ1) is 9.47. The number of thiazole rings is 1. The van der Waals surface area contributed by atoms with Crippen LogP contribution in [-0.2, 0) is 17.5 Å². The Balaban J connectivity index is 2.77. The molecule has 0 radical (unpaired) electrons. The van der Waals surface area contributed by atoms with E-state index in [4.69, 9.17) is 0 Å². The second kappa shape index (κ2) is 3.40. The van der Waals surface area contributed by atoms with Crippen LogP contribution < -0.4 is 0 Å². The fourth-order valence-corrected chi connectivity index (χ4v) is 1.40. The van der Waals surface area contributed by atoms with Crippen molar-refractivity contribution in [1.82, 2.24) is 4.98 Å². The molecule has 0 aliphatic heterocycles. The van der Waals surface area contributed by atoms with Crippen molar-refractivity contribution in [1.29, 1.82) is 0 Å². The highest BCUT2D eigenvalue weighted by atomic mass is 32.1. The molecule has 1 aromatic heterocycles. The van der Waals surface area contributed by atoms with E-state index in [0.717, 1.165) is 0 Å². The molecule has 6 heteroatoms. The van der Waals surface area contributed by atoms with E-state index in [0.29, 0.717) is 16.2 Å². The van der Waals surface area contributed by atoms with Crippen molar-refractivity contribution >= 4 is 11.3 Å². The molecule has 0 aromatic carbocycles. The molecular formula is C6H6F3NOS. The maximum atomic E-state index is 11.9. The van der Waals surface area contributed by atoms with Gasteiger partial charge in [-0.05, 0) is 0 Å². The molecule has 2 nitrogen and oxygen atoms in total. The Hall–Kier alpha value is -0.620. The summed E-state index contributed by atoms with van der Waals surface area (Å²) in [6.45, 7) is 0.174. The number of halogens is 3. The molecule has 68 valence electrons. The van der Waals surface area contributed by atoms with Crippen molar-refractivity contribution in [2.24, 2.45) is 0 Å². The highest BCUT2D eigenvalue weighted by Crippen LogP contribution is 2.32. The second-order valence-electron chi connectivity index (χ2n) is 2.06. The van der Waals surface area contributed by atoms with Crippen LogP contribution in [0.2, 0.25) is 0 Å². The summed E-state index contributed by atoms with van der Waals surface area (Å²) in [5, 5.41) is -0.824. The van der Waals surface area contributed by atoms with Crippen LogP contribution in [0.25, 0.3) is 0 Å². The summed E-state index contributed by atoms with van der Waals surface area (Å²) in [6, 6.07) is 0. The van der Waals surface area contributed by atoms with E-state index in [9.17, 15) is 13.2 Å². The van der Waals surface area contributed by atoms with Gasteiger partial charge >= 0.3 is 6.18 Å². The first-order chi connectivity index (χ1) is 5.54. The van der Waals surface area contributed by atoms with E-state index in [-0.39, 0.29) is 6.61 Å². The molecule has 0 N–H and O–H groups in total. The third-order valence-corrected chi connectivity index (χ3v) is 2.10. The van der Waals surface area contributed by atoms with Gasteiger partial charge in [0.05, 0.1) is 11.5 Å². The average Bonchev–Trinajstić information content (AvgIpc) is 2.35. The standard InChI is InChI=1S/C6H6F3NOS/c1-11-3-4-2-10-5(12-4)6(7,8)9/h2H,3H2,1H3. The monoisotopic (exact) mass is 197 g/mol. The van der Waals surface area contributed by atoms with Gasteiger partial charge in [-0.2, -0.15) is 13.2 Å². The normalized spacial score (nSPS) is 12.0. The lowest BCUT2D eigenvalue weighted by molar-refractivity contribution is -0.137. The molecule has 0 bridgehead atoms. The number of alkyl halides is 3. The van der Waals surface area contributed by atoms with Crippen molar-refractivity contribution in [3.05, 3.63) is 16.1 Å². The van der Waals surface area contributed by atoms with E-state index in [1.165, 1.54) is 13.3 Å². The largest absolute Gasteiger partial charge is 0.443 e. The Bertz CT molecular complexity index is 258. The van der Waals surface area contributed by atoms with Gasteiger partial charge in [0.1, 0.15) is 0 Å². The highest BCUT2D eigenvalue weighted by Gasteiger charge is 2.34. The van der Waals surface area contributed by atoms with E-state index >= 15 is 0 Å². The fourth-order valence-electron chi connectivity index (χ4n) is 0.648. The zero-order valence-electron chi connectivity index (χ0n) is 6.18. The number of hydrogen-bond acceptors (Lipinski definition) is 3. The molecule has 0 unspecified atom stereocenters. The number of aromatic nitrogens is 1. The summed E-state index contributed by atoms with van der Waals surface area (Å²) in [6.07, 6.45) is -3.16. The van der Waals surface area contributed by atoms with Crippen molar-refractivity contribution in [3.8, 4) is 0 Å². The summed E-state index contributed by atoms with van der Waals surface area (Å²) >= 11 is 0.603. The van der Waals surface area contributed by atoms with Gasteiger partial charge in [-0.15, -0.1) is 11.3 Å². The molecule has 1 rings (SSSR count). The van der Waals surface area contributed by atoms with Crippen LogP contribution in [0.4, 0.5) is 13.2 Å². The van der Waals surface area contributed by atoms with E-state index in [2.05, 4.69) is 9.72 Å². The molecular weight excluding hydrogens is 191 g/mol. The van der Waals surface area contributed by atoms with Crippen LogP contribution in [0, 0.1) is 0 Å². The zero-order chi connectivity index (χ0) is 9.19. The third kappa shape index (κ3) is 2.18. The van der Waals surface area contributed by atoms with Gasteiger partial charge in [-0.25, -0.2) is 4.98 Å². The Morgan fingerprint density at radius 1 is 1.58 bits per heavy atom. The minimum atomic E-state index is -4.34. The predicted octanol–water partition coefficient (Wildman–Crippen LogP) is 2.31. The summed E-state index contributed by atoms with van der Waals surface area (Å²) < 4.78 is 40.5. The van der Waals surface area contributed by atoms with Crippen molar-refractivity contribution in [2.45, 2.75) is 12.8 Å².